The molecule has 184 valence electrons. The van der Waals surface area contributed by atoms with Crippen molar-refractivity contribution in [3.63, 3.8) is 0 Å². The van der Waals surface area contributed by atoms with Crippen LogP contribution in [0.25, 0.3) is 17.1 Å². The summed E-state index contributed by atoms with van der Waals surface area (Å²) in [6.07, 6.45) is 0.619. The summed E-state index contributed by atoms with van der Waals surface area (Å²) in [5, 5.41) is 23.7. The van der Waals surface area contributed by atoms with Crippen LogP contribution in [0.5, 0.6) is 11.5 Å². The molecule has 0 atom stereocenters. The molecule has 10 heteroatoms. The van der Waals surface area contributed by atoms with Crippen LogP contribution in [0.3, 0.4) is 0 Å². The van der Waals surface area contributed by atoms with Crippen LogP contribution in [0.1, 0.15) is 18.9 Å². The number of methoxy groups -OCH3 is 1. The average Bonchev–Trinajstić information content (AvgIpc) is 3.33. The fraction of sp³-hybridized carbons (Fsp3) is 0.154. The highest BCUT2D eigenvalue weighted by Gasteiger charge is 2.17. The fourth-order valence-electron chi connectivity index (χ4n) is 3.41. The molecule has 0 fully saturated rings. The van der Waals surface area contributed by atoms with Crippen LogP contribution in [-0.4, -0.2) is 44.4 Å². The van der Waals surface area contributed by atoms with Crippen LogP contribution in [0.2, 0.25) is 5.02 Å². The topological polar surface area (TPSA) is 102 Å². The molecule has 36 heavy (non-hydrogen) atoms. The Bertz CT molecular complexity index is 1350. The van der Waals surface area contributed by atoms with Crippen molar-refractivity contribution in [3.05, 3.63) is 83.4 Å². The van der Waals surface area contributed by atoms with Gasteiger partial charge in [0.2, 0.25) is 0 Å². The number of amides is 1. The van der Waals surface area contributed by atoms with Crippen molar-refractivity contribution in [1.82, 2.24) is 20.2 Å². The van der Waals surface area contributed by atoms with E-state index in [9.17, 15) is 9.90 Å². The molecule has 4 rings (SSSR count). The maximum atomic E-state index is 12.6. The lowest BCUT2D eigenvalue weighted by atomic mass is 10.1. The zero-order valence-electron chi connectivity index (χ0n) is 19.7. The number of carbonyl (C=O) groups is 1. The van der Waals surface area contributed by atoms with E-state index in [2.05, 4.69) is 20.7 Å². The number of hydrogen-bond donors (Lipinski definition) is 2. The number of thioether (sulfide) groups is 1. The summed E-state index contributed by atoms with van der Waals surface area (Å²) in [5.74, 6) is 1.35. The number of phenols is 1. The Morgan fingerprint density at radius 3 is 2.39 bits per heavy atom. The number of phenolic OH excluding ortho intramolecular Hbond substituents is 1. The van der Waals surface area contributed by atoms with E-state index in [1.165, 1.54) is 11.8 Å². The molecular formula is C26H24ClN5O3S. The van der Waals surface area contributed by atoms with E-state index < -0.39 is 0 Å². The summed E-state index contributed by atoms with van der Waals surface area (Å²) < 4.78 is 7.14. The SMILES string of the molecule is CC/C(=N/NC(=O)CSc1nnc(-c2ccc(OC)cc2)n1-c1ccc(Cl)cc1)c1ccc(O)cc1. The van der Waals surface area contributed by atoms with Gasteiger partial charge in [-0.2, -0.15) is 5.10 Å². The molecule has 0 spiro atoms. The molecule has 4 aromatic rings. The monoisotopic (exact) mass is 521 g/mol. The minimum atomic E-state index is -0.276. The first-order chi connectivity index (χ1) is 17.5. The van der Waals surface area contributed by atoms with Gasteiger partial charge >= 0.3 is 0 Å². The second-order valence-corrected chi connectivity index (χ2v) is 9.01. The summed E-state index contributed by atoms with van der Waals surface area (Å²) >= 11 is 7.34. The lowest BCUT2D eigenvalue weighted by Gasteiger charge is -2.11. The number of benzene rings is 3. The summed E-state index contributed by atoms with van der Waals surface area (Å²) in [6, 6.07) is 21.5. The minimum Gasteiger partial charge on any atom is -0.508 e. The maximum absolute atomic E-state index is 12.6. The van der Waals surface area contributed by atoms with Gasteiger partial charge in [0.1, 0.15) is 11.5 Å². The Morgan fingerprint density at radius 2 is 1.75 bits per heavy atom. The van der Waals surface area contributed by atoms with E-state index in [-0.39, 0.29) is 17.4 Å². The zero-order chi connectivity index (χ0) is 25.5. The molecule has 2 N–H and O–H groups in total. The molecule has 8 nitrogen and oxygen atoms in total. The van der Waals surface area contributed by atoms with Gasteiger partial charge in [-0.3, -0.25) is 9.36 Å². The van der Waals surface area contributed by atoms with Gasteiger partial charge in [-0.1, -0.05) is 30.3 Å². The quantitative estimate of drug-likeness (QED) is 0.175. The third-order valence-corrected chi connectivity index (χ3v) is 6.43. The van der Waals surface area contributed by atoms with E-state index in [0.717, 1.165) is 22.6 Å². The Balaban J connectivity index is 1.54. The molecule has 0 saturated heterocycles. The van der Waals surface area contributed by atoms with Crippen LogP contribution in [0, 0.1) is 0 Å². The molecule has 3 aromatic carbocycles. The summed E-state index contributed by atoms with van der Waals surface area (Å²) in [7, 11) is 1.61. The van der Waals surface area contributed by atoms with Crippen molar-refractivity contribution in [2.24, 2.45) is 5.10 Å². The highest BCUT2D eigenvalue weighted by molar-refractivity contribution is 7.99. The molecule has 0 radical (unpaired) electrons. The predicted molar refractivity (Wildman–Crippen MR) is 142 cm³/mol. The first kappa shape index (κ1) is 25.3. The van der Waals surface area contributed by atoms with Crippen LogP contribution in [0.15, 0.2) is 83.1 Å². The van der Waals surface area contributed by atoms with Gasteiger partial charge < -0.3 is 9.84 Å². The second kappa shape index (κ2) is 11.7. The normalized spacial score (nSPS) is 11.4. The molecule has 0 unspecified atom stereocenters. The fourth-order valence-corrected chi connectivity index (χ4v) is 4.28. The van der Waals surface area contributed by atoms with E-state index >= 15 is 0 Å². The third-order valence-electron chi connectivity index (χ3n) is 5.25. The highest BCUT2D eigenvalue weighted by atomic mass is 35.5. The van der Waals surface area contributed by atoms with E-state index in [0.29, 0.717) is 28.1 Å². The van der Waals surface area contributed by atoms with Gasteiger partial charge in [0.15, 0.2) is 11.0 Å². The lowest BCUT2D eigenvalue weighted by molar-refractivity contribution is -0.118. The number of nitrogens with one attached hydrogen (secondary N) is 1. The smallest absolute Gasteiger partial charge is 0.250 e. The largest absolute Gasteiger partial charge is 0.508 e. The van der Waals surface area contributed by atoms with Crippen LogP contribution in [0.4, 0.5) is 0 Å². The Hall–Kier alpha value is -3.82. The Kier molecular flexibility index (Phi) is 8.24. The van der Waals surface area contributed by atoms with Gasteiger partial charge in [-0.05, 0) is 84.8 Å². The number of ether oxygens (including phenoxy) is 1. The number of halogens is 1. The summed E-state index contributed by atoms with van der Waals surface area (Å²) in [6.45, 7) is 1.95. The summed E-state index contributed by atoms with van der Waals surface area (Å²) in [4.78, 5) is 12.6. The summed E-state index contributed by atoms with van der Waals surface area (Å²) in [5.41, 5.74) is 5.81. The molecule has 0 saturated carbocycles. The van der Waals surface area contributed by atoms with Crippen LogP contribution >= 0.6 is 23.4 Å². The van der Waals surface area contributed by atoms with E-state index in [4.69, 9.17) is 16.3 Å². The van der Waals surface area contributed by atoms with Crippen molar-refractivity contribution in [1.29, 1.82) is 0 Å². The number of hydrogen-bond acceptors (Lipinski definition) is 7. The molecule has 0 aliphatic heterocycles. The third kappa shape index (κ3) is 6.05. The van der Waals surface area contributed by atoms with E-state index in [1.54, 1.807) is 43.5 Å². The second-order valence-electron chi connectivity index (χ2n) is 7.63. The number of aromatic nitrogens is 3. The molecule has 1 heterocycles. The number of carbonyl (C=O) groups excluding carboxylic acids is 1. The molecule has 0 aliphatic carbocycles. The number of hydrazone groups is 1. The number of aromatic hydroxyl groups is 1. The zero-order valence-corrected chi connectivity index (χ0v) is 21.3. The van der Waals surface area contributed by atoms with Crippen LogP contribution < -0.4 is 10.2 Å². The Morgan fingerprint density at radius 1 is 1.06 bits per heavy atom. The number of nitrogens with zero attached hydrogens (tertiary/aromatic N) is 4. The highest BCUT2D eigenvalue weighted by Crippen LogP contribution is 2.29. The Labute approximate surface area is 218 Å². The lowest BCUT2D eigenvalue weighted by Crippen LogP contribution is -2.22. The molecule has 1 amide bonds. The first-order valence-corrected chi connectivity index (χ1v) is 12.5. The first-order valence-electron chi connectivity index (χ1n) is 11.1. The van der Waals surface area contributed by atoms with Gasteiger partial charge in [0.25, 0.3) is 5.91 Å². The van der Waals surface area contributed by atoms with Crippen molar-refractivity contribution in [2.45, 2.75) is 18.5 Å². The van der Waals surface area contributed by atoms with Crippen molar-refractivity contribution in [2.75, 3.05) is 12.9 Å². The van der Waals surface area contributed by atoms with Gasteiger partial charge in [0, 0.05) is 16.3 Å². The predicted octanol–water partition coefficient (Wildman–Crippen LogP) is 5.32. The standard InChI is InChI=1S/C26H24ClN5O3S/c1-3-23(17-4-12-21(33)13-5-17)28-29-24(34)16-36-26-31-30-25(18-6-14-22(35-2)15-7-18)32(26)20-10-8-19(27)9-11-20/h4-15,33H,3,16H2,1-2H3,(H,29,34)/b28-23-. The van der Waals surface area contributed by atoms with Crippen molar-refractivity contribution < 1.29 is 14.6 Å². The molecule has 0 aliphatic rings. The van der Waals surface area contributed by atoms with Gasteiger partial charge in [-0.15, -0.1) is 10.2 Å². The van der Waals surface area contributed by atoms with Crippen molar-refractivity contribution in [3.8, 4) is 28.6 Å². The van der Waals surface area contributed by atoms with Crippen LogP contribution in [-0.2, 0) is 4.79 Å². The van der Waals surface area contributed by atoms with E-state index in [1.807, 2.05) is 47.9 Å². The van der Waals surface area contributed by atoms with Crippen molar-refractivity contribution >= 4 is 35.0 Å². The molecule has 0 bridgehead atoms. The average molecular weight is 522 g/mol. The van der Waals surface area contributed by atoms with Gasteiger partial charge in [-0.25, -0.2) is 5.43 Å². The minimum absolute atomic E-state index is 0.0877. The number of rotatable bonds is 9. The molecule has 1 aromatic heterocycles. The maximum Gasteiger partial charge on any atom is 0.250 e. The molecular weight excluding hydrogens is 498 g/mol. The van der Waals surface area contributed by atoms with Gasteiger partial charge in [0.05, 0.1) is 18.6 Å².